The van der Waals surface area contributed by atoms with Gasteiger partial charge in [0, 0.05) is 12.8 Å². The highest BCUT2D eigenvalue weighted by Gasteiger charge is 2.47. The Labute approximate surface area is 276 Å². The second-order valence-corrected chi connectivity index (χ2v) is 15.6. The van der Waals surface area contributed by atoms with Gasteiger partial charge in [0.1, 0.15) is 11.5 Å². The van der Waals surface area contributed by atoms with Crippen LogP contribution in [-0.2, 0) is 19.6 Å². The summed E-state index contributed by atoms with van der Waals surface area (Å²) >= 11 is 0. The monoisotopic (exact) mass is 711 g/mol. The smallest absolute Gasteiger partial charge is 0.428 e. The van der Waals surface area contributed by atoms with Crippen molar-refractivity contribution in [2.75, 3.05) is 13.2 Å². The van der Waals surface area contributed by atoms with E-state index >= 15 is 8.78 Å². The molecule has 1 N–H and O–H groups in total. The fourth-order valence-corrected chi connectivity index (χ4v) is 11.2. The van der Waals surface area contributed by atoms with E-state index in [-0.39, 0.29) is 14.7 Å². The second kappa shape index (κ2) is 14.4. The third-order valence-corrected chi connectivity index (χ3v) is 13.2. The molecule has 0 aromatic heterocycles. The molecule has 14 heteroatoms. The topological polar surface area (TPSA) is 83.9 Å². The molecular formula is C34H32F5O7S2+. The van der Waals surface area contributed by atoms with Crippen molar-refractivity contribution in [3.8, 4) is 11.5 Å². The van der Waals surface area contributed by atoms with Crippen LogP contribution in [0.5, 0.6) is 11.5 Å². The highest BCUT2D eigenvalue weighted by molar-refractivity contribution is 8.32. The van der Waals surface area contributed by atoms with Crippen LogP contribution >= 0.6 is 10.3 Å². The number of benzene rings is 4. The third kappa shape index (κ3) is 6.90. The molecule has 0 aliphatic carbocycles. The van der Waals surface area contributed by atoms with Crippen LogP contribution in [0.3, 0.4) is 0 Å². The number of hydrogen-bond acceptors (Lipinski definition) is 6. The molecule has 0 spiro atoms. The van der Waals surface area contributed by atoms with Gasteiger partial charge in [-0.05, 0) is 74.2 Å². The van der Waals surface area contributed by atoms with Crippen molar-refractivity contribution in [3.05, 3.63) is 108 Å². The van der Waals surface area contributed by atoms with Gasteiger partial charge >= 0.3 is 10.1 Å². The summed E-state index contributed by atoms with van der Waals surface area (Å²) in [7, 11) is -9.14. The van der Waals surface area contributed by atoms with Gasteiger partial charge in [0.05, 0.1) is 38.2 Å². The molecule has 4 aromatic rings. The Morgan fingerprint density at radius 3 is 1.50 bits per heavy atom. The maximum absolute atomic E-state index is 15.1. The van der Waals surface area contributed by atoms with Gasteiger partial charge in [0.15, 0.2) is 35.8 Å². The lowest BCUT2D eigenvalue weighted by Gasteiger charge is -2.35. The van der Waals surface area contributed by atoms with Crippen molar-refractivity contribution in [2.24, 2.45) is 0 Å². The van der Waals surface area contributed by atoms with Crippen molar-refractivity contribution < 1.29 is 52.9 Å². The van der Waals surface area contributed by atoms with Crippen molar-refractivity contribution in [3.63, 3.8) is 0 Å². The SMILES string of the molecule is O=S(=O)([OH+]S(c1ccccc1)(c1cccc(OC2CCCCO2)c1)c1cccc(OC2CCCCO2)c1)c1c(F)c(F)c(F)c(F)c1F. The maximum Gasteiger partial charge on any atom is 0.428 e. The van der Waals surface area contributed by atoms with E-state index in [0.29, 0.717) is 37.6 Å². The quantitative estimate of drug-likeness (QED) is 0.0538. The Balaban J connectivity index is 1.56. The first kappa shape index (κ1) is 34.2. The van der Waals surface area contributed by atoms with Crippen molar-refractivity contribution in [1.29, 1.82) is 0 Å². The standard InChI is InChI=1S/C34H31F5O7S2/c35-29-30(36)32(38)34(33(39)31(29)37)48(40,41)46-47(24-12-2-1-3-13-24,25-14-8-10-22(20-25)44-27-16-4-6-18-42-27)26-15-9-11-23(21-26)45-28-17-5-7-19-43-28/h1-3,8-15,20-21,27-28H,4-7,16-19H2/p+1. The van der Waals surface area contributed by atoms with E-state index in [4.69, 9.17) is 18.9 Å². The minimum absolute atomic E-state index is 0.223. The zero-order valence-electron chi connectivity index (χ0n) is 25.4. The summed E-state index contributed by atoms with van der Waals surface area (Å²) in [4.78, 5) is -1.34. The van der Waals surface area contributed by atoms with E-state index in [1.807, 2.05) is 0 Å². The van der Waals surface area contributed by atoms with Gasteiger partial charge in [-0.25, -0.2) is 22.0 Å². The average molecular weight is 712 g/mol. The lowest BCUT2D eigenvalue weighted by atomic mass is 10.2. The van der Waals surface area contributed by atoms with E-state index in [1.165, 1.54) is 12.1 Å². The largest absolute Gasteiger partial charge is 0.465 e. The van der Waals surface area contributed by atoms with Crippen molar-refractivity contribution in [1.82, 2.24) is 0 Å². The minimum atomic E-state index is -5.63. The molecule has 6 rings (SSSR count). The Morgan fingerprint density at radius 2 is 1.04 bits per heavy atom. The molecule has 0 bridgehead atoms. The van der Waals surface area contributed by atoms with Crippen LogP contribution in [-0.4, -0.2) is 37.8 Å². The van der Waals surface area contributed by atoms with E-state index < -0.39 is 67.0 Å². The molecule has 2 atom stereocenters. The van der Waals surface area contributed by atoms with Crippen LogP contribution in [0.15, 0.2) is 98.4 Å². The molecule has 2 unspecified atom stereocenters. The van der Waals surface area contributed by atoms with E-state index in [1.54, 1.807) is 66.7 Å². The summed E-state index contributed by atoms with van der Waals surface area (Å²) in [6.07, 6.45) is 3.57. The van der Waals surface area contributed by atoms with Crippen LogP contribution in [0.1, 0.15) is 38.5 Å². The third-order valence-electron chi connectivity index (χ3n) is 7.83. The predicted molar refractivity (Wildman–Crippen MR) is 166 cm³/mol. The average Bonchev–Trinajstić information content (AvgIpc) is 3.10. The summed E-state index contributed by atoms with van der Waals surface area (Å²) in [5.41, 5.74) is 0. The fraction of sp³-hybridized carbons (Fsp3) is 0.294. The summed E-state index contributed by atoms with van der Waals surface area (Å²) < 4.78 is 129. The Morgan fingerprint density at radius 1 is 0.583 bits per heavy atom. The van der Waals surface area contributed by atoms with Gasteiger partial charge < -0.3 is 18.9 Å². The molecule has 4 aromatic carbocycles. The van der Waals surface area contributed by atoms with Crippen LogP contribution < -0.4 is 9.47 Å². The number of rotatable bonds is 10. The van der Waals surface area contributed by atoms with Gasteiger partial charge in [0.2, 0.25) is 10.7 Å². The van der Waals surface area contributed by atoms with Crippen LogP contribution in [0.2, 0.25) is 0 Å². The Bertz CT molecular complexity index is 1770. The second-order valence-electron chi connectivity index (χ2n) is 11.1. The zero-order valence-corrected chi connectivity index (χ0v) is 27.1. The molecule has 48 heavy (non-hydrogen) atoms. The summed E-state index contributed by atoms with van der Waals surface area (Å²) in [5, 5.41) is 0. The summed E-state index contributed by atoms with van der Waals surface area (Å²) in [6.45, 7) is 0.993. The molecule has 7 nitrogen and oxygen atoms in total. The highest BCUT2D eigenvalue weighted by Crippen LogP contribution is 2.69. The van der Waals surface area contributed by atoms with Gasteiger partial charge in [-0.3, -0.25) is 3.63 Å². The maximum atomic E-state index is 15.1. The molecule has 256 valence electrons. The van der Waals surface area contributed by atoms with Gasteiger partial charge in [-0.1, -0.05) is 30.3 Å². The first-order valence-electron chi connectivity index (χ1n) is 15.3. The number of ether oxygens (including phenoxy) is 4. The van der Waals surface area contributed by atoms with E-state index in [2.05, 4.69) is 3.63 Å². The van der Waals surface area contributed by atoms with Gasteiger partial charge in [-0.2, -0.15) is 0 Å². The van der Waals surface area contributed by atoms with Gasteiger partial charge in [0.25, 0.3) is 0 Å². The van der Waals surface area contributed by atoms with Crippen molar-refractivity contribution in [2.45, 2.75) is 70.7 Å². The molecule has 2 saturated heterocycles. The Kier molecular flexibility index (Phi) is 10.3. The predicted octanol–water partition coefficient (Wildman–Crippen LogP) is 8.87. The summed E-state index contributed by atoms with van der Waals surface area (Å²) in [5.74, 6) is -11.8. The summed E-state index contributed by atoms with van der Waals surface area (Å²) in [6, 6.07) is 20.7. The lowest BCUT2D eigenvalue weighted by Crippen LogP contribution is -2.25. The normalized spacial score (nSPS) is 20.4. The highest BCUT2D eigenvalue weighted by atomic mass is 32.3. The van der Waals surface area contributed by atoms with E-state index in [9.17, 15) is 21.6 Å². The number of halogens is 5. The minimum Gasteiger partial charge on any atom is -0.465 e. The molecule has 0 saturated carbocycles. The molecular weight excluding hydrogens is 679 g/mol. The van der Waals surface area contributed by atoms with Crippen LogP contribution in [0.25, 0.3) is 0 Å². The molecule has 2 heterocycles. The van der Waals surface area contributed by atoms with Crippen LogP contribution in [0, 0.1) is 29.1 Å². The van der Waals surface area contributed by atoms with Gasteiger partial charge in [-0.15, -0.1) is 8.42 Å². The zero-order chi connectivity index (χ0) is 33.9. The number of hydrogen-bond donors (Lipinski definition) is 0. The fourth-order valence-electron chi connectivity index (χ4n) is 5.52. The Hall–Kier alpha value is -3.69. The van der Waals surface area contributed by atoms with Crippen LogP contribution in [0.4, 0.5) is 22.0 Å². The molecule has 2 aliphatic heterocycles. The molecule has 0 amide bonds. The first-order valence-corrected chi connectivity index (χ1v) is 18.3. The molecule has 2 aliphatic rings. The first-order chi connectivity index (χ1) is 23.1. The van der Waals surface area contributed by atoms with E-state index in [0.717, 1.165) is 25.7 Å². The lowest BCUT2D eigenvalue weighted by molar-refractivity contribution is -0.106. The molecule has 2 fully saturated rings. The van der Waals surface area contributed by atoms with Crippen molar-refractivity contribution >= 4 is 20.4 Å². The molecule has 0 radical (unpaired) electrons.